The van der Waals surface area contributed by atoms with Gasteiger partial charge in [-0.15, -0.1) is 0 Å². The summed E-state index contributed by atoms with van der Waals surface area (Å²) >= 11 is 0. The van der Waals surface area contributed by atoms with Crippen LogP contribution in [0.3, 0.4) is 0 Å². The summed E-state index contributed by atoms with van der Waals surface area (Å²) in [6.45, 7) is 2.54. The van der Waals surface area contributed by atoms with Crippen LogP contribution in [0.25, 0.3) is 0 Å². The number of amides is 1. The van der Waals surface area contributed by atoms with Gasteiger partial charge in [-0.2, -0.15) is 0 Å². The van der Waals surface area contributed by atoms with E-state index in [4.69, 9.17) is 4.74 Å². The third-order valence-electron chi connectivity index (χ3n) is 3.34. The Morgan fingerprint density at radius 2 is 2.28 bits per heavy atom. The van der Waals surface area contributed by atoms with Gasteiger partial charge in [-0.05, 0) is 6.42 Å². The van der Waals surface area contributed by atoms with E-state index in [1.807, 2.05) is 0 Å². The summed E-state index contributed by atoms with van der Waals surface area (Å²) in [4.78, 5) is 11.7. The fourth-order valence-electron chi connectivity index (χ4n) is 2.30. The second-order valence-electron chi connectivity index (χ2n) is 5.00. The minimum absolute atomic E-state index is 0.0625. The van der Waals surface area contributed by atoms with Crippen molar-refractivity contribution in [3.63, 3.8) is 0 Å². The molecule has 0 spiro atoms. The van der Waals surface area contributed by atoms with Crippen molar-refractivity contribution in [1.29, 1.82) is 0 Å². The van der Waals surface area contributed by atoms with Gasteiger partial charge in [-0.1, -0.05) is 0 Å². The van der Waals surface area contributed by atoms with Crippen molar-refractivity contribution in [1.82, 2.24) is 10.6 Å². The number of hydrogen-bond acceptors (Lipinski definition) is 5. The summed E-state index contributed by atoms with van der Waals surface area (Å²) in [6.07, 6.45) is 1.21. The Hall–Kier alpha value is -0.660. The number of rotatable bonds is 4. The van der Waals surface area contributed by atoms with E-state index in [1.165, 1.54) is 0 Å². The Morgan fingerprint density at radius 1 is 1.44 bits per heavy atom. The molecule has 2 heterocycles. The monoisotopic (exact) mass is 276 g/mol. The summed E-state index contributed by atoms with van der Waals surface area (Å²) in [5, 5.41) is 5.91. The van der Waals surface area contributed by atoms with Crippen molar-refractivity contribution in [2.75, 3.05) is 37.8 Å². The number of hydrogen-bond donors (Lipinski definition) is 2. The lowest BCUT2D eigenvalue weighted by atomic mass is 10.1. The molecule has 1 amide bonds. The zero-order chi connectivity index (χ0) is 13.0. The summed E-state index contributed by atoms with van der Waals surface area (Å²) in [5.74, 6) is 0.547. The normalized spacial score (nSPS) is 31.1. The molecule has 7 heteroatoms. The first-order chi connectivity index (χ1) is 8.55. The predicted octanol–water partition coefficient (Wildman–Crippen LogP) is -1.08. The van der Waals surface area contributed by atoms with Gasteiger partial charge in [0.2, 0.25) is 5.91 Å². The third kappa shape index (κ3) is 4.22. The maximum absolute atomic E-state index is 11.7. The molecule has 2 aliphatic heterocycles. The lowest BCUT2D eigenvalue weighted by Gasteiger charge is -2.23. The first-order valence-electron chi connectivity index (χ1n) is 6.33. The lowest BCUT2D eigenvalue weighted by Crippen LogP contribution is -2.47. The Kier molecular flexibility index (Phi) is 4.58. The molecule has 2 aliphatic rings. The van der Waals surface area contributed by atoms with Crippen LogP contribution < -0.4 is 10.6 Å². The Labute approximate surface area is 107 Å². The van der Waals surface area contributed by atoms with Crippen molar-refractivity contribution in [3.8, 4) is 0 Å². The van der Waals surface area contributed by atoms with Gasteiger partial charge >= 0.3 is 0 Å². The second kappa shape index (κ2) is 5.99. The molecule has 0 aliphatic carbocycles. The maximum atomic E-state index is 11.7. The van der Waals surface area contributed by atoms with E-state index >= 15 is 0 Å². The van der Waals surface area contributed by atoms with Gasteiger partial charge in [0.25, 0.3) is 0 Å². The van der Waals surface area contributed by atoms with Crippen molar-refractivity contribution < 1.29 is 17.9 Å². The van der Waals surface area contributed by atoms with E-state index in [9.17, 15) is 13.2 Å². The molecular formula is C11H20N2O4S. The van der Waals surface area contributed by atoms with Crippen LogP contribution in [0.1, 0.15) is 12.8 Å². The zero-order valence-corrected chi connectivity index (χ0v) is 11.2. The van der Waals surface area contributed by atoms with Crippen LogP contribution in [-0.4, -0.2) is 58.2 Å². The van der Waals surface area contributed by atoms with Crippen molar-refractivity contribution >= 4 is 15.7 Å². The molecule has 0 bridgehead atoms. The quantitative estimate of drug-likeness (QED) is 0.682. The van der Waals surface area contributed by atoms with E-state index in [1.54, 1.807) is 0 Å². The number of carbonyl (C=O) groups excluding carboxylic acids is 1. The third-order valence-corrected chi connectivity index (χ3v) is 5.08. The van der Waals surface area contributed by atoms with Gasteiger partial charge in [-0.3, -0.25) is 4.79 Å². The van der Waals surface area contributed by atoms with Gasteiger partial charge < -0.3 is 15.4 Å². The number of ether oxygens (including phenoxy) is 1. The molecule has 6 nitrogen and oxygen atoms in total. The minimum atomic E-state index is -2.97. The van der Waals surface area contributed by atoms with Gasteiger partial charge in [0, 0.05) is 38.1 Å². The molecule has 0 saturated carbocycles. The van der Waals surface area contributed by atoms with Gasteiger partial charge in [0.05, 0.1) is 18.1 Å². The Morgan fingerprint density at radius 3 is 2.94 bits per heavy atom. The highest BCUT2D eigenvalue weighted by Crippen LogP contribution is 2.11. The van der Waals surface area contributed by atoms with Crippen LogP contribution in [0, 0.1) is 5.92 Å². The fraction of sp³-hybridized carbons (Fsp3) is 0.909. The van der Waals surface area contributed by atoms with Gasteiger partial charge in [0.1, 0.15) is 0 Å². The summed E-state index contributed by atoms with van der Waals surface area (Å²) < 4.78 is 28.1. The van der Waals surface area contributed by atoms with Crippen LogP contribution in [0.2, 0.25) is 0 Å². The largest absolute Gasteiger partial charge is 0.381 e. The molecule has 0 radical (unpaired) electrons. The molecule has 18 heavy (non-hydrogen) atoms. The minimum Gasteiger partial charge on any atom is -0.381 e. The standard InChI is InChI=1S/C11H20N2O4S/c14-11(13-6-9-1-3-17-7-9)5-10-8-18(15,16)4-2-12-10/h9-10,12H,1-8H2,(H,13,14). The highest BCUT2D eigenvalue weighted by molar-refractivity contribution is 7.91. The Balaban J connectivity index is 1.70. The molecule has 2 unspecified atom stereocenters. The molecule has 2 atom stereocenters. The average molecular weight is 276 g/mol. The van der Waals surface area contributed by atoms with E-state index in [0.717, 1.165) is 13.0 Å². The van der Waals surface area contributed by atoms with E-state index < -0.39 is 9.84 Å². The van der Waals surface area contributed by atoms with Crippen molar-refractivity contribution in [2.24, 2.45) is 5.92 Å². The zero-order valence-electron chi connectivity index (χ0n) is 10.4. The van der Waals surface area contributed by atoms with Crippen LogP contribution in [0.4, 0.5) is 0 Å². The molecule has 0 aromatic carbocycles. The lowest BCUT2D eigenvalue weighted by molar-refractivity contribution is -0.121. The molecule has 0 aromatic heterocycles. The van der Waals surface area contributed by atoms with Gasteiger partial charge in [0.15, 0.2) is 9.84 Å². The van der Waals surface area contributed by atoms with Crippen LogP contribution in [0.15, 0.2) is 0 Å². The van der Waals surface area contributed by atoms with Crippen molar-refractivity contribution in [2.45, 2.75) is 18.9 Å². The van der Waals surface area contributed by atoms with E-state index in [0.29, 0.717) is 25.6 Å². The summed E-state index contributed by atoms with van der Waals surface area (Å²) in [6, 6.07) is -0.247. The molecule has 2 saturated heterocycles. The highest BCUT2D eigenvalue weighted by Gasteiger charge is 2.26. The average Bonchev–Trinajstić information content (AvgIpc) is 2.77. The smallest absolute Gasteiger partial charge is 0.221 e. The van der Waals surface area contributed by atoms with E-state index in [2.05, 4.69) is 10.6 Å². The van der Waals surface area contributed by atoms with Crippen LogP contribution in [0.5, 0.6) is 0 Å². The molecule has 2 rings (SSSR count). The van der Waals surface area contributed by atoms with Crippen LogP contribution in [-0.2, 0) is 19.4 Å². The topological polar surface area (TPSA) is 84.5 Å². The van der Waals surface area contributed by atoms with Gasteiger partial charge in [-0.25, -0.2) is 8.42 Å². The number of sulfone groups is 1. The SMILES string of the molecule is O=C(CC1CS(=O)(=O)CCN1)NCC1CCOC1. The highest BCUT2D eigenvalue weighted by atomic mass is 32.2. The maximum Gasteiger partial charge on any atom is 0.221 e. The Bertz CT molecular complexity index is 390. The van der Waals surface area contributed by atoms with Crippen molar-refractivity contribution in [3.05, 3.63) is 0 Å². The molecule has 2 N–H and O–H groups in total. The molecule has 104 valence electrons. The first kappa shape index (κ1) is 13.8. The molecular weight excluding hydrogens is 256 g/mol. The number of nitrogens with one attached hydrogen (secondary N) is 2. The van der Waals surface area contributed by atoms with Crippen LogP contribution >= 0.6 is 0 Å². The van der Waals surface area contributed by atoms with E-state index in [-0.39, 0.29) is 29.9 Å². The predicted molar refractivity (Wildman–Crippen MR) is 67.0 cm³/mol. The summed E-state index contributed by atoms with van der Waals surface area (Å²) in [7, 11) is -2.97. The molecule has 0 aromatic rings. The first-order valence-corrected chi connectivity index (χ1v) is 8.15. The molecule has 2 fully saturated rings. The fourth-order valence-corrected chi connectivity index (χ4v) is 3.74. The number of carbonyl (C=O) groups is 1. The second-order valence-corrected chi connectivity index (χ2v) is 7.23. The summed E-state index contributed by atoms with van der Waals surface area (Å²) in [5.41, 5.74) is 0.